The summed E-state index contributed by atoms with van der Waals surface area (Å²) < 4.78 is 54.6. The topological polar surface area (TPSA) is 88.0 Å². The molecule has 0 radical (unpaired) electrons. The molecule has 2 heterocycles. The molecule has 1 aliphatic rings. The number of aromatic nitrogens is 2. The van der Waals surface area contributed by atoms with E-state index in [2.05, 4.69) is 31.3 Å². The third kappa shape index (κ3) is 5.59. The maximum absolute atomic E-state index is 13.7. The number of nitrogens with zero attached hydrogens (tertiary/aromatic N) is 4. The Morgan fingerprint density at radius 3 is 2.64 bits per heavy atom. The number of carbonyl (C=O) groups excluding carboxylic acids is 1. The van der Waals surface area contributed by atoms with Crippen LogP contribution in [0.5, 0.6) is 0 Å². The number of amides is 1. The molecule has 3 aromatic rings. The minimum Gasteiger partial charge on any atom is -0.383 e. The van der Waals surface area contributed by atoms with Crippen molar-refractivity contribution < 1.29 is 22.4 Å². The maximum Gasteiger partial charge on any atom is 0.471 e. The average Bonchev–Trinajstić information content (AvgIpc) is 3.21. The van der Waals surface area contributed by atoms with Crippen molar-refractivity contribution in [3.63, 3.8) is 0 Å². The summed E-state index contributed by atoms with van der Waals surface area (Å²) in [7, 11) is 1.19. The van der Waals surface area contributed by atoms with E-state index in [9.17, 15) is 22.4 Å². The molecule has 7 nitrogen and oxygen atoms in total. The summed E-state index contributed by atoms with van der Waals surface area (Å²) in [6, 6.07) is 5.00. The van der Waals surface area contributed by atoms with Gasteiger partial charge in [0.2, 0.25) is 0 Å². The second-order valence-corrected chi connectivity index (χ2v) is 9.90. The van der Waals surface area contributed by atoms with Crippen LogP contribution in [0, 0.1) is 5.82 Å². The molecule has 0 bridgehead atoms. The van der Waals surface area contributed by atoms with E-state index in [1.807, 2.05) is 6.07 Å². The zero-order valence-corrected chi connectivity index (χ0v) is 21.3. The Morgan fingerprint density at radius 2 is 1.97 bits per heavy atom. The van der Waals surface area contributed by atoms with Crippen LogP contribution in [-0.2, 0) is 4.79 Å². The predicted molar refractivity (Wildman–Crippen MR) is 133 cm³/mol. The van der Waals surface area contributed by atoms with E-state index in [0.29, 0.717) is 42.5 Å². The van der Waals surface area contributed by atoms with E-state index in [0.717, 1.165) is 9.37 Å². The second kappa shape index (κ2) is 10.3. The van der Waals surface area contributed by atoms with Crippen molar-refractivity contribution >= 4 is 56.2 Å². The van der Waals surface area contributed by atoms with E-state index in [1.54, 1.807) is 10.7 Å². The lowest BCUT2D eigenvalue weighted by molar-refractivity contribution is -0.186. The highest BCUT2D eigenvalue weighted by molar-refractivity contribution is 9.10. The lowest BCUT2D eigenvalue weighted by Crippen LogP contribution is -2.47. The quantitative estimate of drug-likeness (QED) is 0.228. The van der Waals surface area contributed by atoms with Crippen LogP contribution in [0.2, 0.25) is 5.02 Å². The van der Waals surface area contributed by atoms with Crippen molar-refractivity contribution in [2.45, 2.75) is 43.9 Å². The Labute approximate surface area is 217 Å². The number of hydrogen-bond acceptors (Lipinski definition) is 4. The van der Waals surface area contributed by atoms with Crippen molar-refractivity contribution in [1.82, 2.24) is 14.5 Å². The Balaban J connectivity index is 1.60. The molecule has 13 heteroatoms. The standard InChI is InChI=1S/C23H22BrClF4N6O/c1-34(22(36)23(27,28)29)15-5-3-14(4-6-15)32-20-16(10-31-35-11-12(24)8-19(20)35)21(30)33-18-9-13(26)2-7-17(18)25/h2,7-11,14-15,32H,3-6H2,1H3,(H2,30,33). The van der Waals surface area contributed by atoms with Gasteiger partial charge in [-0.1, -0.05) is 11.6 Å². The van der Waals surface area contributed by atoms with Gasteiger partial charge < -0.3 is 16.0 Å². The number of hydrogen-bond donors (Lipinski definition) is 2. The van der Waals surface area contributed by atoms with E-state index in [-0.39, 0.29) is 22.6 Å². The van der Waals surface area contributed by atoms with Crippen LogP contribution in [0.15, 0.2) is 46.1 Å². The Hall–Kier alpha value is -2.86. The smallest absolute Gasteiger partial charge is 0.383 e. The first kappa shape index (κ1) is 26.2. The number of nitrogens with two attached hydrogens (primary N) is 1. The summed E-state index contributed by atoms with van der Waals surface area (Å²) in [4.78, 5) is 16.7. The molecular weight excluding hydrogens is 568 g/mol. The Morgan fingerprint density at radius 1 is 1.28 bits per heavy atom. The fourth-order valence-electron chi connectivity index (χ4n) is 4.31. The molecule has 1 saturated carbocycles. The summed E-state index contributed by atoms with van der Waals surface area (Å²) in [5.41, 5.74) is 8.23. The number of carbonyl (C=O) groups is 1. The van der Waals surface area contributed by atoms with Gasteiger partial charge in [0.15, 0.2) is 0 Å². The average molecular weight is 590 g/mol. The number of aliphatic imine (C=N–C) groups is 1. The van der Waals surface area contributed by atoms with Gasteiger partial charge in [0.25, 0.3) is 0 Å². The van der Waals surface area contributed by atoms with Crippen molar-refractivity contribution in [3.05, 3.63) is 57.5 Å². The highest BCUT2D eigenvalue weighted by Crippen LogP contribution is 2.33. The van der Waals surface area contributed by atoms with Crippen molar-refractivity contribution in [2.24, 2.45) is 10.7 Å². The summed E-state index contributed by atoms with van der Waals surface area (Å²) in [6.07, 6.45) is 0.251. The molecule has 36 heavy (non-hydrogen) atoms. The molecule has 1 aliphatic carbocycles. The zero-order valence-electron chi connectivity index (χ0n) is 19.0. The minimum atomic E-state index is -4.90. The monoisotopic (exact) mass is 588 g/mol. The van der Waals surface area contributed by atoms with Gasteiger partial charge in [-0.2, -0.15) is 18.3 Å². The molecule has 3 N–H and O–H groups in total. The van der Waals surface area contributed by atoms with Crippen LogP contribution in [0.4, 0.5) is 28.9 Å². The first-order valence-corrected chi connectivity index (χ1v) is 12.2. The van der Waals surface area contributed by atoms with Gasteiger partial charge in [-0.15, -0.1) is 0 Å². The first-order chi connectivity index (χ1) is 16.9. The molecule has 0 saturated heterocycles. The van der Waals surface area contributed by atoms with Crippen LogP contribution in [0.3, 0.4) is 0 Å². The highest BCUT2D eigenvalue weighted by Gasteiger charge is 2.43. The number of anilines is 1. The van der Waals surface area contributed by atoms with E-state index < -0.39 is 23.9 Å². The molecule has 4 rings (SSSR count). The lowest BCUT2D eigenvalue weighted by Gasteiger charge is -2.35. The second-order valence-electron chi connectivity index (χ2n) is 8.58. The van der Waals surface area contributed by atoms with Gasteiger partial charge in [0.1, 0.15) is 11.7 Å². The summed E-state index contributed by atoms with van der Waals surface area (Å²) >= 11 is 9.57. The van der Waals surface area contributed by atoms with Gasteiger partial charge >= 0.3 is 12.1 Å². The summed E-state index contributed by atoms with van der Waals surface area (Å²) in [5.74, 6) is -2.30. The number of alkyl halides is 3. The van der Waals surface area contributed by atoms with Gasteiger partial charge in [-0.05, 0) is 59.8 Å². The van der Waals surface area contributed by atoms with E-state index in [4.69, 9.17) is 17.3 Å². The number of nitrogens with one attached hydrogen (secondary N) is 1. The molecule has 192 valence electrons. The highest BCUT2D eigenvalue weighted by atomic mass is 79.9. The van der Waals surface area contributed by atoms with Gasteiger partial charge in [0, 0.05) is 35.9 Å². The van der Waals surface area contributed by atoms with Crippen molar-refractivity contribution in [2.75, 3.05) is 12.4 Å². The molecule has 1 fully saturated rings. The Bertz CT molecular complexity index is 1320. The fraction of sp³-hybridized carbons (Fsp3) is 0.348. The normalized spacial score (nSPS) is 18.9. The molecule has 0 unspecified atom stereocenters. The maximum atomic E-state index is 13.7. The molecular formula is C23H22BrClF4N6O. The van der Waals surface area contributed by atoms with Crippen LogP contribution < -0.4 is 11.1 Å². The number of fused-ring (bicyclic) bond motifs is 1. The van der Waals surface area contributed by atoms with Crippen LogP contribution in [-0.4, -0.2) is 51.6 Å². The fourth-order valence-corrected chi connectivity index (χ4v) is 4.88. The van der Waals surface area contributed by atoms with Crippen molar-refractivity contribution in [3.8, 4) is 0 Å². The SMILES string of the molecule is CN(C(=O)C(F)(F)F)C1CCC(Nc2c(C(N)=Nc3cc(F)ccc3Cl)cnn3cc(Br)cc23)CC1. The number of halogens is 6. The minimum absolute atomic E-state index is 0.0570. The van der Waals surface area contributed by atoms with Crippen LogP contribution >= 0.6 is 27.5 Å². The zero-order chi connectivity index (χ0) is 26.2. The van der Waals surface area contributed by atoms with E-state index in [1.165, 1.54) is 31.4 Å². The third-order valence-corrected chi connectivity index (χ3v) is 6.94. The van der Waals surface area contributed by atoms with Gasteiger partial charge in [0.05, 0.1) is 33.7 Å². The van der Waals surface area contributed by atoms with Crippen LogP contribution in [0.1, 0.15) is 31.2 Å². The lowest BCUT2D eigenvalue weighted by atomic mass is 9.90. The number of benzene rings is 1. The molecule has 0 atom stereocenters. The third-order valence-electron chi connectivity index (χ3n) is 6.18. The van der Waals surface area contributed by atoms with Gasteiger partial charge in [-0.3, -0.25) is 4.79 Å². The largest absolute Gasteiger partial charge is 0.471 e. The number of rotatable bonds is 5. The number of amidine groups is 1. The van der Waals surface area contributed by atoms with Crippen LogP contribution in [0.25, 0.3) is 5.52 Å². The predicted octanol–water partition coefficient (Wildman–Crippen LogP) is 5.67. The molecule has 1 aromatic carbocycles. The molecule has 0 aliphatic heterocycles. The molecule has 1 amide bonds. The Kier molecular flexibility index (Phi) is 7.46. The molecule has 2 aromatic heterocycles. The van der Waals surface area contributed by atoms with Crippen molar-refractivity contribution in [1.29, 1.82) is 0 Å². The van der Waals surface area contributed by atoms with Gasteiger partial charge in [-0.25, -0.2) is 13.9 Å². The summed E-state index contributed by atoms with van der Waals surface area (Å²) in [6.45, 7) is 0. The summed E-state index contributed by atoms with van der Waals surface area (Å²) in [5, 5.41) is 8.03. The first-order valence-electron chi connectivity index (χ1n) is 11.0. The molecule has 0 spiro atoms. The van der Waals surface area contributed by atoms with E-state index >= 15 is 0 Å².